The van der Waals surface area contributed by atoms with E-state index < -0.39 is 12.0 Å². The van der Waals surface area contributed by atoms with Gasteiger partial charge in [-0.2, -0.15) is 0 Å². The molecule has 32 heavy (non-hydrogen) atoms. The number of benzene rings is 2. The van der Waals surface area contributed by atoms with Gasteiger partial charge >= 0.3 is 5.97 Å². The molecule has 0 saturated heterocycles. The molecule has 1 N–H and O–H groups in total. The summed E-state index contributed by atoms with van der Waals surface area (Å²) in [6.45, 7) is 3.70. The van der Waals surface area contributed by atoms with Crippen LogP contribution in [-0.2, 0) is 11.2 Å². The third kappa shape index (κ3) is 4.16. The number of carboxylic acid groups (broad SMARTS) is 1. The Morgan fingerprint density at radius 2 is 1.94 bits per heavy atom. The molecule has 0 saturated carbocycles. The molecule has 1 atom stereocenters. The molecule has 0 aliphatic heterocycles. The summed E-state index contributed by atoms with van der Waals surface area (Å²) in [7, 11) is 1.59. The lowest BCUT2D eigenvalue weighted by molar-refractivity contribution is -0.141. The van der Waals surface area contributed by atoms with E-state index in [4.69, 9.17) is 4.74 Å². The number of ether oxygens (including phenoxy) is 1. The van der Waals surface area contributed by atoms with Gasteiger partial charge in [-0.1, -0.05) is 42.0 Å². The Labute approximate surface area is 189 Å². The summed E-state index contributed by atoms with van der Waals surface area (Å²) in [5, 5.41) is 12.3. The highest BCUT2D eigenvalue weighted by atomic mass is 32.1. The van der Waals surface area contributed by atoms with Crippen LogP contribution in [-0.4, -0.2) is 27.7 Å². The van der Waals surface area contributed by atoms with Gasteiger partial charge < -0.3 is 9.84 Å². The van der Waals surface area contributed by atoms with Crippen molar-refractivity contribution in [3.05, 3.63) is 81.2 Å². The van der Waals surface area contributed by atoms with Crippen molar-refractivity contribution in [1.82, 2.24) is 9.55 Å². The van der Waals surface area contributed by atoms with Crippen LogP contribution in [0.25, 0.3) is 21.3 Å². The Morgan fingerprint density at radius 3 is 2.62 bits per heavy atom. The molecule has 0 bridgehead atoms. The van der Waals surface area contributed by atoms with E-state index in [1.54, 1.807) is 14.0 Å². The number of aryl methyl sites for hydroxylation is 3. The van der Waals surface area contributed by atoms with Gasteiger partial charge in [-0.05, 0) is 49.9 Å². The molecule has 164 valence electrons. The highest BCUT2D eigenvalue weighted by Gasteiger charge is 2.25. The number of methoxy groups -OCH3 is 1. The summed E-state index contributed by atoms with van der Waals surface area (Å²) >= 11 is 1.38. The molecule has 0 aliphatic rings. The van der Waals surface area contributed by atoms with E-state index in [1.165, 1.54) is 15.9 Å². The fourth-order valence-corrected chi connectivity index (χ4v) is 4.88. The van der Waals surface area contributed by atoms with E-state index in [9.17, 15) is 14.7 Å². The van der Waals surface area contributed by atoms with Gasteiger partial charge in [-0.3, -0.25) is 9.36 Å². The highest BCUT2D eigenvalue weighted by molar-refractivity contribution is 7.17. The maximum atomic E-state index is 13.6. The molecule has 6 nitrogen and oxygen atoms in total. The number of hydrogen-bond donors (Lipinski definition) is 1. The van der Waals surface area contributed by atoms with Crippen molar-refractivity contribution < 1.29 is 14.6 Å². The Balaban J connectivity index is 1.78. The van der Waals surface area contributed by atoms with Gasteiger partial charge in [0, 0.05) is 10.9 Å². The zero-order valence-corrected chi connectivity index (χ0v) is 19.0. The number of hydrogen-bond acceptors (Lipinski definition) is 5. The second kappa shape index (κ2) is 8.96. The van der Waals surface area contributed by atoms with Crippen molar-refractivity contribution in [3.63, 3.8) is 0 Å². The largest absolute Gasteiger partial charge is 0.497 e. The number of carbonyl (C=O) groups is 1. The summed E-state index contributed by atoms with van der Waals surface area (Å²) in [6, 6.07) is 14.4. The van der Waals surface area contributed by atoms with Crippen molar-refractivity contribution in [2.24, 2.45) is 0 Å². The second-order valence-electron chi connectivity index (χ2n) is 7.77. The normalized spacial score (nSPS) is 12.1. The summed E-state index contributed by atoms with van der Waals surface area (Å²) in [6.07, 6.45) is 0.846. The number of aliphatic carboxylic acids is 1. The van der Waals surface area contributed by atoms with Crippen LogP contribution in [0.4, 0.5) is 0 Å². The minimum Gasteiger partial charge on any atom is -0.497 e. The van der Waals surface area contributed by atoms with Gasteiger partial charge in [0.1, 0.15) is 22.4 Å². The predicted octanol–water partition coefficient (Wildman–Crippen LogP) is 5.01. The average molecular weight is 449 g/mol. The SMILES string of the molecule is COc1cccc(-c2csc3nc(C)n(C(CCc4ccc(C)cc4)C(=O)O)c(=O)c23)c1. The first-order chi connectivity index (χ1) is 15.4. The molecule has 7 heteroatoms. The fourth-order valence-electron chi connectivity index (χ4n) is 3.90. The van der Waals surface area contributed by atoms with Gasteiger partial charge in [-0.25, -0.2) is 9.78 Å². The molecule has 0 aliphatic carbocycles. The lowest BCUT2D eigenvalue weighted by Crippen LogP contribution is -2.32. The molecule has 2 heterocycles. The van der Waals surface area contributed by atoms with Crippen LogP contribution in [0.5, 0.6) is 5.75 Å². The number of rotatable bonds is 7. The fraction of sp³-hybridized carbons (Fsp3) is 0.240. The van der Waals surface area contributed by atoms with Crippen molar-refractivity contribution in [2.75, 3.05) is 7.11 Å². The number of thiophene rings is 1. The molecule has 0 amide bonds. The molecule has 2 aromatic heterocycles. The standard InChI is InChI=1S/C25H24N2O4S/c1-15-7-9-17(10-8-15)11-12-21(25(29)30)27-16(2)26-23-22(24(27)28)20(14-32-23)18-5-4-6-19(13-18)31-3/h4-10,13-14,21H,11-12H2,1-3H3,(H,29,30). The zero-order chi connectivity index (χ0) is 22.8. The van der Waals surface area contributed by atoms with Crippen molar-refractivity contribution >= 4 is 27.5 Å². The lowest BCUT2D eigenvalue weighted by Gasteiger charge is -2.18. The summed E-state index contributed by atoms with van der Waals surface area (Å²) in [5.74, 6) is 0.0447. The Morgan fingerprint density at radius 1 is 1.19 bits per heavy atom. The van der Waals surface area contributed by atoms with E-state index in [0.717, 1.165) is 22.3 Å². The summed E-state index contributed by atoms with van der Waals surface area (Å²) in [4.78, 5) is 31.0. The molecule has 4 rings (SSSR count). The number of aromatic nitrogens is 2. The lowest BCUT2D eigenvalue weighted by atomic mass is 10.0. The van der Waals surface area contributed by atoms with Crippen molar-refractivity contribution in [3.8, 4) is 16.9 Å². The first kappa shape index (κ1) is 21.8. The van der Waals surface area contributed by atoms with Crippen molar-refractivity contribution in [1.29, 1.82) is 0 Å². The third-order valence-corrected chi connectivity index (χ3v) is 6.49. The van der Waals surface area contributed by atoms with E-state index in [0.29, 0.717) is 34.6 Å². The summed E-state index contributed by atoms with van der Waals surface area (Å²) < 4.78 is 6.64. The zero-order valence-electron chi connectivity index (χ0n) is 18.2. The minimum atomic E-state index is -1.04. The second-order valence-corrected chi connectivity index (χ2v) is 8.63. The average Bonchev–Trinajstić information content (AvgIpc) is 3.21. The maximum absolute atomic E-state index is 13.6. The van der Waals surface area contributed by atoms with Crippen LogP contribution < -0.4 is 10.3 Å². The predicted molar refractivity (Wildman–Crippen MR) is 127 cm³/mol. The Bertz CT molecular complexity index is 1340. The Hall–Kier alpha value is -3.45. The van der Waals surface area contributed by atoms with Crippen LogP contribution in [0.2, 0.25) is 0 Å². The number of carboxylic acids is 1. The summed E-state index contributed by atoms with van der Waals surface area (Å²) in [5.41, 5.74) is 3.42. The molecular weight excluding hydrogens is 424 g/mol. The molecule has 1 unspecified atom stereocenters. The van der Waals surface area contributed by atoms with Crippen LogP contribution >= 0.6 is 11.3 Å². The van der Waals surface area contributed by atoms with E-state index in [2.05, 4.69) is 4.98 Å². The first-order valence-corrected chi connectivity index (χ1v) is 11.2. The Kier molecular flexibility index (Phi) is 6.10. The quantitative estimate of drug-likeness (QED) is 0.430. The van der Waals surface area contributed by atoms with Gasteiger partial charge in [0.15, 0.2) is 0 Å². The number of fused-ring (bicyclic) bond motifs is 1. The first-order valence-electron chi connectivity index (χ1n) is 10.3. The van der Waals surface area contributed by atoms with Crippen LogP contribution in [0.1, 0.15) is 29.4 Å². The van der Waals surface area contributed by atoms with Gasteiger partial charge in [-0.15, -0.1) is 11.3 Å². The minimum absolute atomic E-state index is 0.297. The van der Waals surface area contributed by atoms with E-state index in [1.807, 2.05) is 60.8 Å². The smallest absolute Gasteiger partial charge is 0.326 e. The molecule has 0 radical (unpaired) electrons. The third-order valence-electron chi connectivity index (χ3n) is 5.62. The molecular formula is C25H24N2O4S. The van der Waals surface area contributed by atoms with E-state index in [-0.39, 0.29) is 5.56 Å². The molecule has 2 aromatic carbocycles. The number of nitrogens with zero attached hydrogens (tertiary/aromatic N) is 2. The van der Waals surface area contributed by atoms with Crippen molar-refractivity contribution in [2.45, 2.75) is 32.7 Å². The van der Waals surface area contributed by atoms with Gasteiger partial charge in [0.2, 0.25) is 0 Å². The topological polar surface area (TPSA) is 81.4 Å². The maximum Gasteiger partial charge on any atom is 0.326 e. The highest BCUT2D eigenvalue weighted by Crippen LogP contribution is 2.33. The van der Waals surface area contributed by atoms with Crippen LogP contribution in [0, 0.1) is 13.8 Å². The van der Waals surface area contributed by atoms with Gasteiger partial charge in [0.05, 0.1) is 12.5 Å². The van der Waals surface area contributed by atoms with Gasteiger partial charge in [0.25, 0.3) is 5.56 Å². The molecule has 0 spiro atoms. The monoisotopic (exact) mass is 448 g/mol. The molecule has 0 fully saturated rings. The van der Waals surface area contributed by atoms with Crippen LogP contribution in [0.15, 0.2) is 58.7 Å². The molecule has 4 aromatic rings. The van der Waals surface area contributed by atoms with Crippen LogP contribution in [0.3, 0.4) is 0 Å². The van der Waals surface area contributed by atoms with E-state index >= 15 is 0 Å².